The summed E-state index contributed by atoms with van der Waals surface area (Å²) < 4.78 is 0. The lowest BCUT2D eigenvalue weighted by Crippen LogP contribution is -2.21. The van der Waals surface area contributed by atoms with Crippen molar-refractivity contribution >= 4 is 5.97 Å². The molecule has 0 saturated carbocycles. The third-order valence-electron chi connectivity index (χ3n) is 2.19. The van der Waals surface area contributed by atoms with Crippen molar-refractivity contribution in [1.29, 1.82) is 0 Å². The van der Waals surface area contributed by atoms with Crippen molar-refractivity contribution in [3.63, 3.8) is 0 Å². The van der Waals surface area contributed by atoms with E-state index in [4.69, 9.17) is 5.11 Å². The van der Waals surface area contributed by atoms with E-state index in [1.54, 1.807) is 12.1 Å². The molecule has 1 atom stereocenters. The van der Waals surface area contributed by atoms with E-state index < -0.39 is 5.97 Å². The van der Waals surface area contributed by atoms with Gasteiger partial charge in [0.25, 0.3) is 0 Å². The van der Waals surface area contributed by atoms with Crippen LogP contribution in [0.15, 0.2) is 24.3 Å². The Kier molecular flexibility index (Phi) is 4.12. The number of hydrogen-bond donors (Lipinski definition) is 3. The van der Waals surface area contributed by atoms with Crippen LogP contribution in [0.5, 0.6) is 5.75 Å². The van der Waals surface area contributed by atoms with Gasteiger partial charge in [-0.25, -0.2) is 0 Å². The molecule has 0 aliphatic heterocycles. The molecule has 1 aromatic rings. The molecule has 3 N–H and O–H groups in total. The van der Waals surface area contributed by atoms with E-state index in [0.29, 0.717) is 6.54 Å². The van der Waals surface area contributed by atoms with Crippen LogP contribution in [0.25, 0.3) is 0 Å². The van der Waals surface area contributed by atoms with Crippen molar-refractivity contribution in [3.8, 4) is 5.75 Å². The predicted octanol–water partition coefficient (Wildman–Crippen LogP) is 1.52. The molecule has 4 nitrogen and oxygen atoms in total. The summed E-state index contributed by atoms with van der Waals surface area (Å²) in [5.41, 5.74) is 0.780. The second-order valence-electron chi connectivity index (χ2n) is 3.38. The van der Waals surface area contributed by atoms with Crippen molar-refractivity contribution in [2.75, 3.05) is 6.54 Å². The van der Waals surface area contributed by atoms with Crippen LogP contribution in [0.2, 0.25) is 0 Å². The number of para-hydroxylation sites is 1. The van der Waals surface area contributed by atoms with Gasteiger partial charge in [-0.3, -0.25) is 4.79 Å². The van der Waals surface area contributed by atoms with Crippen molar-refractivity contribution in [2.45, 2.75) is 19.4 Å². The van der Waals surface area contributed by atoms with Gasteiger partial charge in [0.05, 0.1) is 6.42 Å². The van der Waals surface area contributed by atoms with Gasteiger partial charge in [-0.2, -0.15) is 0 Å². The summed E-state index contributed by atoms with van der Waals surface area (Å²) in [4.78, 5) is 10.3. The van der Waals surface area contributed by atoms with Crippen LogP contribution in [0.3, 0.4) is 0 Å². The number of phenols is 1. The number of benzene rings is 1. The van der Waals surface area contributed by atoms with Crippen LogP contribution in [-0.4, -0.2) is 22.7 Å². The highest BCUT2D eigenvalue weighted by Crippen LogP contribution is 2.22. The van der Waals surface area contributed by atoms with Gasteiger partial charge >= 0.3 is 5.97 Å². The molecule has 0 spiro atoms. The summed E-state index contributed by atoms with van der Waals surface area (Å²) >= 11 is 0. The maximum absolute atomic E-state index is 10.3. The zero-order chi connectivity index (χ0) is 11.3. The number of aromatic hydroxyl groups is 1. The molecule has 0 amide bonds. The van der Waals surface area contributed by atoms with Gasteiger partial charge in [-0.15, -0.1) is 0 Å². The van der Waals surface area contributed by atoms with Gasteiger partial charge in [0.15, 0.2) is 0 Å². The fraction of sp³-hybridized carbons (Fsp3) is 0.364. The summed E-state index contributed by atoms with van der Waals surface area (Å²) in [6.07, 6.45) is 0.0813. The van der Waals surface area contributed by atoms with Crippen LogP contribution in [0.4, 0.5) is 0 Å². The molecule has 0 aliphatic carbocycles. The maximum atomic E-state index is 10.3. The molecule has 1 rings (SSSR count). The molecule has 15 heavy (non-hydrogen) atoms. The highest BCUT2D eigenvalue weighted by atomic mass is 16.4. The minimum Gasteiger partial charge on any atom is -0.508 e. The number of carboxylic acids is 1. The lowest BCUT2D eigenvalue weighted by molar-refractivity contribution is -0.136. The van der Waals surface area contributed by atoms with E-state index in [1.807, 2.05) is 19.1 Å². The highest BCUT2D eigenvalue weighted by molar-refractivity contribution is 5.66. The average molecular weight is 209 g/mol. The molecule has 4 heteroatoms. The maximum Gasteiger partial charge on any atom is 0.304 e. The number of phenolic OH excluding ortho intramolecular Hbond substituents is 1. The number of rotatable bonds is 5. The molecular formula is C11H15NO3. The first-order chi connectivity index (χ1) is 7.11. The van der Waals surface area contributed by atoms with Crippen LogP contribution < -0.4 is 5.32 Å². The molecule has 1 aromatic carbocycles. The Morgan fingerprint density at radius 1 is 1.47 bits per heavy atom. The third kappa shape index (κ3) is 3.59. The SMILES string of the molecule is CC(NCCC(=O)O)c1ccccc1O. The van der Waals surface area contributed by atoms with Crippen molar-refractivity contribution in [2.24, 2.45) is 0 Å². The second-order valence-corrected chi connectivity index (χ2v) is 3.38. The standard InChI is InChI=1S/C11H15NO3/c1-8(12-7-6-11(14)15)9-4-2-3-5-10(9)13/h2-5,8,12-13H,6-7H2,1H3,(H,14,15). The van der Waals surface area contributed by atoms with Crippen LogP contribution >= 0.6 is 0 Å². The Labute approximate surface area is 88.6 Å². The average Bonchev–Trinajstić information content (AvgIpc) is 2.17. The molecule has 0 saturated heterocycles. The van der Waals surface area contributed by atoms with Gasteiger partial charge in [0.2, 0.25) is 0 Å². The molecule has 0 bridgehead atoms. The quantitative estimate of drug-likeness (QED) is 0.687. The van der Waals surface area contributed by atoms with E-state index >= 15 is 0 Å². The number of nitrogens with one attached hydrogen (secondary N) is 1. The van der Waals surface area contributed by atoms with E-state index in [-0.39, 0.29) is 18.2 Å². The van der Waals surface area contributed by atoms with Crippen molar-refractivity contribution in [1.82, 2.24) is 5.32 Å². The highest BCUT2D eigenvalue weighted by Gasteiger charge is 2.08. The largest absolute Gasteiger partial charge is 0.508 e. The molecule has 0 fully saturated rings. The first-order valence-electron chi connectivity index (χ1n) is 4.84. The normalized spacial score (nSPS) is 12.3. The Morgan fingerprint density at radius 2 is 2.13 bits per heavy atom. The van der Waals surface area contributed by atoms with Crippen LogP contribution in [-0.2, 0) is 4.79 Å². The first kappa shape index (κ1) is 11.5. The van der Waals surface area contributed by atoms with Crippen LogP contribution in [0.1, 0.15) is 24.9 Å². The molecule has 1 unspecified atom stereocenters. The molecule has 0 heterocycles. The van der Waals surface area contributed by atoms with Crippen LogP contribution in [0, 0.1) is 0 Å². The Hall–Kier alpha value is -1.55. The smallest absolute Gasteiger partial charge is 0.304 e. The minimum absolute atomic E-state index is 0.0504. The van der Waals surface area contributed by atoms with Gasteiger partial charge in [-0.05, 0) is 13.0 Å². The molecular weight excluding hydrogens is 194 g/mol. The second kappa shape index (κ2) is 5.36. The number of aliphatic carboxylic acids is 1. The topological polar surface area (TPSA) is 69.6 Å². The van der Waals surface area contributed by atoms with Gasteiger partial charge in [-0.1, -0.05) is 18.2 Å². The zero-order valence-corrected chi connectivity index (χ0v) is 8.60. The molecule has 0 aliphatic rings. The first-order valence-corrected chi connectivity index (χ1v) is 4.84. The predicted molar refractivity (Wildman–Crippen MR) is 56.8 cm³/mol. The van der Waals surface area contributed by atoms with E-state index in [9.17, 15) is 9.90 Å². The summed E-state index contributed by atoms with van der Waals surface area (Å²) in [5, 5.41) is 21.0. The fourth-order valence-electron chi connectivity index (χ4n) is 1.36. The Balaban J connectivity index is 2.50. The lowest BCUT2D eigenvalue weighted by atomic mass is 10.1. The van der Waals surface area contributed by atoms with E-state index in [1.165, 1.54) is 0 Å². The summed E-state index contributed by atoms with van der Waals surface area (Å²) in [6, 6.07) is 6.97. The summed E-state index contributed by atoms with van der Waals surface area (Å²) in [5.74, 6) is -0.597. The fourth-order valence-corrected chi connectivity index (χ4v) is 1.36. The third-order valence-corrected chi connectivity index (χ3v) is 2.19. The summed E-state index contributed by atoms with van der Waals surface area (Å²) in [6.45, 7) is 2.28. The van der Waals surface area contributed by atoms with Crippen molar-refractivity contribution < 1.29 is 15.0 Å². The molecule has 0 aromatic heterocycles. The molecule has 0 radical (unpaired) electrons. The zero-order valence-electron chi connectivity index (χ0n) is 8.60. The number of carbonyl (C=O) groups is 1. The Bertz CT molecular complexity index is 338. The lowest BCUT2D eigenvalue weighted by Gasteiger charge is -2.14. The van der Waals surface area contributed by atoms with Gasteiger partial charge < -0.3 is 15.5 Å². The number of carboxylic acid groups (broad SMARTS) is 1. The minimum atomic E-state index is -0.827. The van der Waals surface area contributed by atoms with E-state index in [0.717, 1.165) is 5.56 Å². The van der Waals surface area contributed by atoms with Gasteiger partial charge in [0.1, 0.15) is 5.75 Å². The van der Waals surface area contributed by atoms with Gasteiger partial charge in [0, 0.05) is 18.2 Å². The molecule has 82 valence electrons. The summed E-state index contributed by atoms with van der Waals surface area (Å²) in [7, 11) is 0. The Morgan fingerprint density at radius 3 is 2.73 bits per heavy atom. The van der Waals surface area contributed by atoms with E-state index in [2.05, 4.69) is 5.32 Å². The van der Waals surface area contributed by atoms with Crippen molar-refractivity contribution in [3.05, 3.63) is 29.8 Å². The number of hydrogen-bond acceptors (Lipinski definition) is 3. The monoisotopic (exact) mass is 209 g/mol.